The van der Waals surface area contributed by atoms with Crippen molar-refractivity contribution >= 4 is 21.8 Å². The summed E-state index contributed by atoms with van der Waals surface area (Å²) in [5.41, 5.74) is 0.442. The molecule has 2 aromatic rings. The molecule has 19 heavy (non-hydrogen) atoms. The van der Waals surface area contributed by atoms with Gasteiger partial charge in [-0.05, 0) is 40.9 Å². The van der Waals surface area contributed by atoms with Crippen LogP contribution in [0.3, 0.4) is 0 Å². The number of nitrogens with zero attached hydrogens (tertiary/aromatic N) is 3. The number of halogens is 1. The molecule has 0 unspecified atom stereocenters. The molecule has 0 saturated heterocycles. The van der Waals surface area contributed by atoms with Gasteiger partial charge in [-0.25, -0.2) is 9.97 Å². The van der Waals surface area contributed by atoms with Crippen LogP contribution in [0.4, 0.5) is 0 Å². The quantitative estimate of drug-likeness (QED) is 0.830. The van der Waals surface area contributed by atoms with Gasteiger partial charge in [0.2, 0.25) is 0 Å². The van der Waals surface area contributed by atoms with Crippen LogP contribution in [0.25, 0.3) is 0 Å². The van der Waals surface area contributed by atoms with Crippen LogP contribution in [0.5, 0.6) is 0 Å². The van der Waals surface area contributed by atoms with Crippen LogP contribution in [-0.4, -0.2) is 27.0 Å². The van der Waals surface area contributed by atoms with Gasteiger partial charge in [0, 0.05) is 36.2 Å². The molecule has 1 N–H and O–H groups in total. The Bertz CT molecular complexity index is 510. The van der Waals surface area contributed by atoms with Gasteiger partial charge in [0.1, 0.15) is 5.69 Å². The first kappa shape index (κ1) is 13.7. The summed E-state index contributed by atoms with van der Waals surface area (Å²) in [5.74, 6) is -0.130. The molecule has 1 amide bonds. The van der Waals surface area contributed by atoms with Crippen LogP contribution < -0.4 is 5.32 Å². The molecule has 0 fully saturated rings. The Kier molecular flexibility index (Phi) is 5.09. The Morgan fingerprint density at radius 3 is 2.95 bits per heavy atom. The van der Waals surface area contributed by atoms with Crippen LogP contribution in [0, 0.1) is 0 Å². The lowest BCUT2D eigenvalue weighted by Crippen LogP contribution is -2.25. The van der Waals surface area contributed by atoms with Crippen molar-refractivity contribution in [3.8, 4) is 0 Å². The van der Waals surface area contributed by atoms with Crippen molar-refractivity contribution < 1.29 is 4.79 Å². The van der Waals surface area contributed by atoms with Gasteiger partial charge in [0.25, 0.3) is 5.91 Å². The highest BCUT2D eigenvalue weighted by Gasteiger charge is 2.05. The van der Waals surface area contributed by atoms with Crippen LogP contribution in [0.1, 0.15) is 23.3 Å². The van der Waals surface area contributed by atoms with E-state index in [1.807, 2.05) is 10.8 Å². The lowest BCUT2D eigenvalue weighted by atomic mass is 10.3. The molecule has 100 valence electrons. The fraction of sp³-hybridized carbons (Fsp3) is 0.308. The monoisotopic (exact) mass is 322 g/mol. The zero-order valence-electron chi connectivity index (χ0n) is 10.4. The summed E-state index contributed by atoms with van der Waals surface area (Å²) in [7, 11) is 0. The summed E-state index contributed by atoms with van der Waals surface area (Å²) >= 11 is 3.28. The molecule has 6 heteroatoms. The number of amides is 1. The number of nitrogens with one attached hydrogen (secondary N) is 1. The fourth-order valence-corrected chi connectivity index (χ4v) is 1.88. The molecule has 0 spiro atoms. The molecule has 0 bridgehead atoms. The minimum absolute atomic E-state index is 0.130. The Morgan fingerprint density at radius 2 is 2.26 bits per heavy atom. The van der Waals surface area contributed by atoms with E-state index < -0.39 is 0 Å². The van der Waals surface area contributed by atoms with Gasteiger partial charge in [0.05, 0.1) is 6.33 Å². The normalized spacial score (nSPS) is 10.4. The lowest BCUT2D eigenvalue weighted by molar-refractivity contribution is 0.0948. The van der Waals surface area contributed by atoms with Gasteiger partial charge in [-0.1, -0.05) is 0 Å². The van der Waals surface area contributed by atoms with E-state index in [0.717, 1.165) is 23.9 Å². The second kappa shape index (κ2) is 7.04. The number of carbonyl (C=O) groups excluding carboxylic acids is 1. The minimum Gasteiger partial charge on any atom is -0.351 e. The Balaban J connectivity index is 1.65. The average molecular weight is 323 g/mol. The van der Waals surface area contributed by atoms with Gasteiger partial charge >= 0.3 is 0 Å². The smallest absolute Gasteiger partial charge is 0.269 e. The van der Waals surface area contributed by atoms with E-state index in [9.17, 15) is 4.79 Å². The van der Waals surface area contributed by atoms with Gasteiger partial charge < -0.3 is 9.88 Å². The zero-order valence-corrected chi connectivity index (χ0v) is 12.0. The molecule has 5 nitrogen and oxygen atoms in total. The first-order valence-corrected chi connectivity index (χ1v) is 6.90. The molecular formula is C13H15BrN4O. The van der Waals surface area contributed by atoms with Gasteiger partial charge in [-0.15, -0.1) is 0 Å². The predicted molar refractivity (Wildman–Crippen MR) is 75.7 cm³/mol. The van der Waals surface area contributed by atoms with Crippen molar-refractivity contribution in [1.82, 2.24) is 19.9 Å². The number of hydrogen-bond acceptors (Lipinski definition) is 3. The Hall–Kier alpha value is -1.69. The van der Waals surface area contributed by atoms with E-state index in [2.05, 4.69) is 31.2 Å². The average Bonchev–Trinajstić information content (AvgIpc) is 2.92. The standard InChI is InChI=1S/C13H15BrN4O/c14-11-3-4-12(17-9-11)13(19)16-5-1-2-7-18-8-6-15-10-18/h3-4,6,8-10H,1-2,5,7H2,(H,16,19). The molecule has 0 aliphatic heterocycles. The zero-order chi connectivity index (χ0) is 13.5. The summed E-state index contributed by atoms with van der Waals surface area (Å²) in [6, 6.07) is 3.51. The van der Waals surface area contributed by atoms with E-state index in [4.69, 9.17) is 0 Å². The first-order valence-electron chi connectivity index (χ1n) is 6.11. The highest BCUT2D eigenvalue weighted by Crippen LogP contribution is 2.07. The van der Waals surface area contributed by atoms with Crippen molar-refractivity contribution in [2.75, 3.05) is 6.54 Å². The topological polar surface area (TPSA) is 59.8 Å². The highest BCUT2D eigenvalue weighted by atomic mass is 79.9. The maximum Gasteiger partial charge on any atom is 0.269 e. The summed E-state index contributed by atoms with van der Waals surface area (Å²) < 4.78 is 2.89. The van der Waals surface area contributed by atoms with Gasteiger partial charge in [-0.2, -0.15) is 0 Å². The molecule has 0 saturated carbocycles. The third-order valence-electron chi connectivity index (χ3n) is 2.65. The maximum absolute atomic E-state index is 11.7. The molecule has 0 aromatic carbocycles. The Morgan fingerprint density at radius 1 is 1.37 bits per heavy atom. The van der Waals surface area contributed by atoms with Gasteiger partial charge in [-0.3, -0.25) is 4.79 Å². The van der Waals surface area contributed by atoms with Gasteiger partial charge in [0.15, 0.2) is 0 Å². The highest BCUT2D eigenvalue weighted by molar-refractivity contribution is 9.10. The van der Waals surface area contributed by atoms with Crippen LogP contribution >= 0.6 is 15.9 Å². The fourth-order valence-electron chi connectivity index (χ4n) is 1.64. The summed E-state index contributed by atoms with van der Waals surface area (Å²) in [6.07, 6.45) is 9.05. The second-order valence-corrected chi connectivity index (χ2v) is 5.04. The number of imidazole rings is 1. The van der Waals surface area contributed by atoms with E-state index in [1.54, 1.807) is 30.9 Å². The largest absolute Gasteiger partial charge is 0.351 e. The molecule has 0 aliphatic carbocycles. The van der Waals surface area contributed by atoms with Crippen LogP contribution in [0.2, 0.25) is 0 Å². The molecule has 2 aromatic heterocycles. The minimum atomic E-state index is -0.130. The second-order valence-electron chi connectivity index (χ2n) is 4.13. The number of hydrogen-bond donors (Lipinski definition) is 1. The van der Waals surface area contributed by atoms with Crippen molar-refractivity contribution in [3.63, 3.8) is 0 Å². The molecule has 0 aliphatic rings. The predicted octanol–water partition coefficient (Wildman–Crippen LogP) is 2.25. The van der Waals surface area contributed by atoms with Crippen LogP contribution in [0.15, 0.2) is 41.5 Å². The molecule has 0 atom stereocenters. The molecule has 2 rings (SSSR count). The first-order chi connectivity index (χ1) is 9.25. The number of carbonyl (C=O) groups is 1. The van der Waals surface area contributed by atoms with Crippen molar-refractivity contribution in [3.05, 3.63) is 47.2 Å². The van der Waals surface area contributed by atoms with Crippen molar-refractivity contribution in [2.45, 2.75) is 19.4 Å². The van der Waals surface area contributed by atoms with E-state index in [1.165, 1.54) is 0 Å². The van der Waals surface area contributed by atoms with E-state index >= 15 is 0 Å². The van der Waals surface area contributed by atoms with E-state index in [-0.39, 0.29) is 5.91 Å². The number of aryl methyl sites for hydroxylation is 1. The number of unbranched alkanes of at least 4 members (excludes halogenated alkanes) is 1. The third kappa shape index (κ3) is 4.48. The maximum atomic E-state index is 11.7. The number of rotatable bonds is 6. The van der Waals surface area contributed by atoms with Crippen LogP contribution in [-0.2, 0) is 6.54 Å². The van der Waals surface area contributed by atoms with Crippen molar-refractivity contribution in [2.24, 2.45) is 0 Å². The SMILES string of the molecule is O=C(NCCCCn1ccnc1)c1ccc(Br)cn1. The number of pyridine rings is 1. The third-order valence-corrected chi connectivity index (χ3v) is 3.12. The molecule has 0 radical (unpaired) electrons. The number of aromatic nitrogens is 3. The Labute approximate surface area is 120 Å². The van der Waals surface area contributed by atoms with Crippen molar-refractivity contribution in [1.29, 1.82) is 0 Å². The summed E-state index contributed by atoms with van der Waals surface area (Å²) in [5, 5.41) is 2.86. The summed E-state index contributed by atoms with van der Waals surface area (Å²) in [6.45, 7) is 1.58. The van der Waals surface area contributed by atoms with E-state index in [0.29, 0.717) is 12.2 Å². The lowest BCUT2D eigenvalue weighted by Gasteiger charge is -2.05. The summed E-state index contributed by atoms with van der Waals surface area (Å²) in [4.78, 5) is 19.8. The molecule has 2 heterocycles. The molecular weight excluding hydrogens is 308 g/mol.